The van der Waals surface area contributed by atoms with E-state index < -0.39 is 17.7 Å². The molecule has 1 aromatic carbocycles. The van der Waals surface area contributed by atoms with Crippen LogP contribution < -0.4 is 14.9 Å². The van der Waals surface area contributed by atoms with E-state index in [9.17, 15) is 9.59 Å². The van der Waals surface area contributed by atoms with Gasteiger partial charge in [-0.05, 0) is 56.0 Å². The zero-order valence-corrected chi connectivity index (χ0v) is 15.8. The maximum atomic E-state index is 12.0. The summed E-state index contributed by atoms with van der Waals surface area (Å²) < 4.78 is 15.7. The number of ether oxygens (including phenoxy) is 3. The van der Waals surface area contributed by atoms with Crippen molar-refractivity contribution < 1.29 is 23.8 Å². The maximum absolute atomic E-state index is 12.0. The fourth-order valence-electron chi connectivity index (χ4n) is 1.85. The number of rotatable bonds is 5. The van der Waals surface area contributed by atoms with Crippen molar-refractivity contribution >= 4 is 29.6 Å². The minimum absolute atomic E-state index is 0.295. The topological polar surface area (TPSA) is 86.2 Å². The molecule has 0 bridgehead atoms. The van der Waals surface area contributed by atoms with Gasteiger partial charge in [-0.1, -0.05) is 6.07 Å². The van der Waals surface area contributed by atoms with Crippen molar-refractivity contribution in [3.8, 4) is 11.5 Å². The number of amides is 1. The second-order valence-electron chi connectivity index (χ2n) is 6.15. The van der Waals surface area contributed by atoms with Gasteiger partial charge in [-0.2, -0.15) is 5.10 Å². The Labute approximate surface area is 155 Å². The average Bonchev–Trinajstić information content (AvgIpc) is 3.09. The predicted molar refractivity (Wildman–Crippen MR) is 99.2 cm³/mol. The van der Waals surface area contributed by atoms with Crippen LogP contribution in [-0.2, 0) is 4.74 Å². The van der Waals surface area contributed by atoms with Crippen LogP contribution in [0.25, 0.3) is 0 Å². The number of hydrogen-bond donors (Lipinski definition) is 1. The van der Waals surface area contributed by atoms with Crippen molar-refractivity contribution in [3.63, 3.8) is 0 Å². The summed E-state index contributed by atoms with van der Waals surface area (Å²) in [5, 5.41) is 5.62. The summed E-state index contributed by atoms with van der Waals surface area (Å²) in [6.07, 6.45) is 0.777. The minimum atomic E-state index is -0.651. The van der Waals surface area contributed by atoms with Gasteiger partial charge in [0.2, 0.25) is 0 Å². The molecule has 2 rings (SSSR count). The number of hydrogen-bond acceptors (Lipinski definition) is 7. The summed E-state index contributed by atoms with van der Waals surface area (Å²) in [6.45, 7) is 5.28. The summed E-state index contributed by atoms with van der Waals surface area (Å²) in [7, 11) is 1.47. The molecule has 1 aromatic heterocycles. The average molecular weight is 376 g/mol. The monoisotopic (exact) mass is 376 g/mol. The number of nitrogens with one attached hydrogen (secondary N) is 1. The molecule has 0 radical (unpaired) electrons. The number of methoxy groups -OCH3 is 1. The van der Waals surface area contributed by atoms with Gasteiger partial charge in [0.15, 0.2) is 11.5 Å². The molecule has 0 unspecified atom stereocenters. The van der Waals surface area contributed by atoms with E-state index in [0.29, 0.717) is 21.9 Å². The highest BCUT2D eigenvalue weighted by atomic mass is 32.1. The predicted octanol–water partition coefficient (Wildman–Crippen LogP) is 3.83. The lowest BCUT2D eigenvalue weighted by atomic mass is 10.2. The number of benzene rings is 1. The van der Waals surface area contributed by atoms with Crippen LogP contribution in [0.1, 0.15) is 36.0 Å². The molecule has 7 nitrogen and oxygen atoms in total. The van der Waals surface area contributed by atoms with Crippen molar-refractivity contribution in [2.24, 2.45) is 5.10 Å². The first-order valence-electron chi connectivity index (χ1n) is 7.74. The molecule has 0 atom stereocenters. The minimum Gasteiger partial charge on any atom is -0.493 e. The van der Waals surface area contributed by atoms with Crippen molar-refractivity contribution in [2.75, 3.05) is 7.11 Å². The quantitative estimate of drug-likeness (QED) is 0.371. The van der Waals surface area contributed by atoms with E-state index in [4.69, 9.17) is 14.2 Å². The standard InChI is InChI=1S/C18H20N2O5S/c1-18(2,3)25-17(22)20-19-11-12-7-8-13(14(10-12)23-4)24-16(21)15-6-5-9-26-15/h5-11H,1-4H3,(H,20,22)/b19-11+. The molecule has 0 saturated heterocycles. The molecule has 1 heterocycles. The van der Waals surface area contributed by atoms with Gasteiger partial charge in [-0.25, -0.2) is 15.0 Å². The van der Waals surface area contributed by atoms with E-state index in [2.05, 4.69) is 10.5 Å². The summed E-state index contributed by atoms with van der Waals surface area (Å²) in [4.78, 5) is 24.1. The number of thiophene rings is 1. The third kappa shape index (κ3) is 5.89. The van der Waals surface area contributed by atoms with Gasteiger partial charge in [0.05, 0.1) is 13.3 Å². The fraction of sp³-hybridized carbons (Fsp3) is 0.278. The van der Waals surface area contributed by atoms with Gasteiger partial charge in [0.25, 0.3) is 0 Å². The molecule has 1 N–H and O–H groups in total. The van der Waals surface area contributed by atoms with Gasteiger partial charge in [-0.3, -0.25) is 0 Å². The first-order valence-corrected chi connectivity index (χ1v) is 8.62. The van der Waals surface area contributed by atoms with Crippen molar-refractivity contribution in [1.82, 2.24) is 5.43 Å². The third-order valence-electron chi connectivity index (χ3n) is 2.88. The van der Waals surface area contributed by atoms with Crippen LogP contribution >= 0.6 is 11.3 Å². The number of nitrogens with zero attached hydrogens (tertiary/aromatic N) is 1. The van der Waals surface area contributed by atoms with Crippen LogP contribution in [-0.4, -0.2) is 31.0 Å². The van der Waals surface area contributed by atoms with E-state index in [1.54, 1.807) is 56.5 Å². The Bertz CT molecular complexity index is 794. The molecule has 0 aliphatic rings. The molecule has 0 aliphatic heterocycles. The fourth-order valence-corrected chi connectivity index (χ4v) is 2.45. The van der Waals surface area contributed by atoms with Gasteiger partial charge in [-0.15, -0.1) is 11.3 Å². The van der Waals surface area contributed by atoms with Crippen LogP contribution in [0.2, 0.25) is 0 Å². The molecule has 8 heteroatoms. The van der Waals surface area contributed by atoms with Crippen molar-refractivity contribution in [3.05, 3.63) is 46.2 Å². The van der Waals surface area contributed by atoms with E-state index >= 15 is 0 Å². The normalized spacial score (nSPS) is 11.2. The molecular formula is C18H20N2O5S. The molecule has 2 aromatic rings. The van der Waals surface area contributed by atoms with Gasteiger partial charge in [0, 0.05) is 0 Å². The lowest BCUT2D eigenvalue weighted by Crippen LogP contribution is -2.29. The van der Waals surface area contributed by atoms with E-state index in [1.165, 1.54) is 24.7 Å². The molecule has 138 valence electrons. The van der Waals surface area contributed by atoms with E-state index in [0.717, 1.165) is 0 Å². The Morgan fingerprint density at radius 1 is 1.19 bits per heavy atom. The molecule has 0 aliphatic carbocycles. The summed E-state index contributed by atoms with van der Waals surface area (Å²) in [5.41, 5.74) is 2.32. The first-order chi connectivity index (χ1) is 12.3. The molecule has 1 amide bonds. The van der Waals surface area contributed by atoms with Crippen molar-refractivity contribution in [1.29, 1.82) is 0 Å². The molecule has 0 fully saturated rings. The van der Waals surface area contributed by atoms with Gasteiger partial charge < -0.3 is 14.2 Å². The number of esters is 1. The van der Waals surface area contributed by atoms with Crippen LogP contribution in [0.4, 0.5) is 4.79 Å². The Morgan fingerprint density at radius 2 is 1.96 bits per heavy atom. The molecular weight excluding hydrogens is 356 g/mol. The Balaban J connectivity index is 2.02. The highest BCUT2D eigenvalue weighted by Gasteiger charge is 2.16. The second-order valence-corrected chi connectivity index (χ2v) is 7.10. The Hall–Kier alpha value is -2.87. The van der Waals surface area contributed by atoms with E-state index in [-0.39, 0.29) is 0 Å². The molecule has 0 spiro atoms. The Morgan fingerprint density at radius 3 is 2.58 bits per heavy atom. The van der Waals surface area contributed by atoms with Crippen LogP contribution in [0, 0.1) is 0 Å². The molecule has 26 heavy (non-hydrogen) atoms. The zero-order valence-electron chi connectivity index (χ0n) is 14.9. The van der Waals surface area contributed by atoms with E-state index in [1.807, 2.05) is 0 Å². The van der Waals surface area contributed by atoms with Gasteiger partial charge >= 0.3 is 12.1 Å². The summed E-state index contributed by atoms with van der Waals surface area (Å²) in [5.74, 6) is 0.214. The van der Waals surface area contributed by atoms with Gasteiger partial charge in [0.1, 0.15) is 10.5 Å². The van der Waals surface area contributed by atoms with Crippen molar-refractivity contribution in [2.45, 2.75) is 26.4 Å². The number of carbonyl (C=O) groups is 2. The van der Waals surface area contributed by atoms with Crippen LogP contribution in [0.3, 0.4) is 0 Å². The van der Waals surface area contributed by atoms with Crippen LogP contribution in [0.15, 0.2) is 40.8 Å². The third-order valence-corrected chi connectivity index (χ3v) is 3.73. The SMILES string of the molecule is COc1cc(/C=N/NC(=O)OC(C)(C)C)ccc1OC(=O)c1cccs1. The number of carbonyl (C=O) groups excluding carboxylic acids is 2. The Kier molecular flexibility index (Phi) is 6.35. The largest absolute Gasteiger partial charge is 0.493 e. The van der Waals surface area contributed by atoms with Crippen LogP contribution in [0.5, 0.6) is 11.5 Å². The lowest BCUT2D eigenvalue weighted by molar-refractivity contribution is 0.0529. The zero-order chi connectivity index (χ0) is 19.2. The smallest absolute Gasteiger partial charge is 0.428 e. The first kappa shape index (κ1) is 19.5. The highest BCUT2D eigenvalue weighted by molar-refractivity contribution is 7.12. The molecule has 0 saturated carbocycles. The highest BCUT2D eigenvalue weighted by Crippen LogP contribution is 2.28. The number of hydrazone groups is 1. The summed E-state index contributed by atoms with van der Waals surface area (Å²) in [6, 6.07) is 8.37. The summed E-state index contributed by atoms with van der Waals surface area (Å²) >= 11 is 1.30. The maximum Gasteiger partial charge on any atom is 0.428 e. The second kappa shape index (κ2) is 8.48. The lowest BCUT2D eigenvalue weighted by Gasteiger charge is -2.18.